The fourth-order valence-electron chi connectivity index (χ4n) is 4.50. The minimum Gasteiger partial charge on any atom is -0.508 e. The van der Waals surface area contributed by atoms with Gasteiger partial charge < -0.3 is 14.9 Å². The quantitative estimate of drug-likeness (QED) is 0.932. The molecule has 4 atom stereocenters. The van der Waals surface area contributed by atoms with Crippen LogP contribution in [0.5, 0.6) is 5.75 Å². The monoisotopic (exact) mass is 316 g/mol. The van der Waals surface area contributed by atoms with Crippen LogP contribution in [0.4, 0.5) is 0 Å². The van der Waals surface area contributed by atoms with Crippen molar-refractivity contribution in [1.29, 1.82) is 0 Å². The maximum atomic E-state index is 12.8. The summed E-state index contributed by atoms with van der Waals surface area (Å²) >= 11 is 0. The predicted molar refractivity (Wildman–Crippen MR) is 91.6 cm³/mol. The molecular weight excluding hydrogens is 288 g/mol. The maximum Gasteiger partial charge on any atom is 0.254 e. The van der Waals surface area contributed by atoms with Gasteiger partial charge in [0, 0.05) is 30.3 Å². The summed E-state index contributed by atoms with van der Waals surface area (Å²) in [5.41, 5.74) is 1.30. The predicted octanol–water partition coefficient (Wildman–Crippen LogP) is 2.89. The second-order valence-electron chi connectivity index (χ2n) is 7.60. The highest BCUT2D eigenvalue weighted by Gasteiger charge is 2.44. The third kappa shape index (κ3) is 2.97. The molecule has 0 aromatic heterocycles. The van der Waals surface area contributed by atoms with E-state index >= 15 is 0 Å². The summed E-state index contributed by atoms with van der Waals surface area (Å²) in [6.07, 6.45) is 4.77. The smallest absolute Gasteiger partial charge is 0.254 e. The Morgan fingerprint density at radius 2 is 1.61 bits per heavy atom. The fraction of sp³-hybridized carbons (Fsp3) is 0.632. The molecule has 23 heavy (non-hydrogen) atoms. The van der Waals surface area contributed by atoms with Crippen LogP contribution in [0.3, 0.4) is 0 Å². The minimum atomic E-state index is 0.0348. The van der Waals surface area contributed by atoms with Crippen LogP contribution >= 0.6 is 0 Å². The molecule has 1 aromatic rings. The van der Waals surface area contributed by atoms with Crippen molar-refractivity contribution >= 4 is 5.91 Å². The van der Waals surface area contributed by atoms with Gasteiger partial charge in [0.05, 0.1) is 0 Å². The summed E-state index contributed by atoms with van der Waals surface area (Å²) in [4.78, 5) is 17.1. The van der Waals surface area contributed by atoms with Crippen molar-refractivity contribution in [2.45, 2.75) is 44.7 Å². The first-order chi connectivity index (χ1) is 10.9. The Bertz CT molecular complexity index is 585. The zero-order valence-corrected chi connectivity index (χ0v) is 14.6. The van der Waals surface area contributed by atoms with Crippen molar-refractivity contribution in [3.8, 4) is 5.75 Å². The van der Waals surface area contributed by atoms with Crippen LogP contribution in [0.15, 0.2) is 18.2 Å². The SMILES string of the molecule is Cc1c(O)cccc1C(=O)N(C)C1C[C@H]2CC(N(C)C)C[C@H]2C1. The molecule has 1 aromatic carbocycles. The van der Waals surface area contributed by atoms with Gasteiger partial charge in [-0.3, -0.25) is 4.79 Å². The molecular formula is C19H28N2O2. The van der Waals surface area contributed by atoms with Crippen LogP contribution < -0.4 is 0 Å². The number of carbonyl (C=O) groups excluding carboxylic acids is 1. The highest BCUT2D eigenvalue weighted by Crippen LogP contribution is 2.46. The second kappa shape index (κ2) is 6.16. The highest BCUT2D eigenvalue weighted by molar-refractivity contribution is 5.96. The summed E-state index contributed by atoms with van der Waals surface area (Å²) in [6.45, 7) is 1.81. The van der Waals surface area contributed by atoms with E-state index in [1.807, 2.05) is 24.9 Å². The fourth-order valence-corrected chi connectivity index (χ4v) is 4.50. The first-order valence-electron chi connectivity index (χ1n) is 8.60. The molecule has 4 heteroatoms. The van der Waals surface area contributed by atoms with Crippen molar-refractivity contribution in [2.75, 3.05) is 21.1 Å². The van der Waals surface area contributed by atoms with Gasteiger partial charge in [-0.05, 0) is 70.7 Å². The number of amides is 1. The minimum absolute atomic E-state index is 0.0348. The number of rotatable bonds is 3. The highest BCUT2D eigenvalue weighted by atomic mass is 16.3. The lowest BCUT2D eigenvalue weighted by atomic mass is 10.0. The normalized spacial score (nSPS) is 29.8. The van der Waals surface area contributed by atoms with Crippen LogP contribution in [-0.2, 0) is 0 Å². The number of hydrogen-bond acceptors (Lipinski definition) is 3. The Kier molecular flexibility index (Phi) is 4.37. The maximum absolute atomic E-state index is 12.8. The van der Waals surface area contributed by atoms with Gasteiger partial charge in [-0.1, -0.05) is 6.07 Å². The molecule has 0 saturated heterocycles. The van der Waals surface area contributed by atoms with E-state index in [-0.39, 0.29) is 11.7 Å². The van der Waals surface area contributed by atoms with Gasteiger partial charge in [-0.15, -0.1) is 0 Å². The van der Waals surface area contributed by atoms with Crippen molar-refractivity contribution < 1.29 is 9.90 Å². The summed E-state index contributed by atoms with van der Waals surface area (Å²) in [5.74, 6) is 1.75. The van der Waals surface area contributed by atoms with Crippen LogP contribution in [0.1, 0.15) is 41.6 Å². The molecule has 0 radical (unpaired) electrons. The second-order valence-corrected chi connectivity index (χ2v) is 7.60. The standard InChI is InChI=1S/C19H28N2O2/c1-12-17(6-5-7-18(12)22)19(23)21(4)16-10-13-8-15(20(2)3)9-14(13)11-16/h5-7,13-16,22H,8-11H2,1-4H3/t13-,14+,15?,16?. The van der Waals surface area contributed by atoms with Crippen molar-refractivity contribution in [3.63, 3.8) is 0 Å². The Balaban J connectivity index is 1.67. The number of hydrogen-bond donors (Lipinski definition) is 1. The van der Waals surface area contributed by atoms with Crippen LogP contribution in [-0.4, -0.2) is 54.0 Å². The number of phenols is 1. The zero-order chi connectivity index (χ0) is 16.7. The Morgan fingerprint density at radius 1 is 1.04 bits per heavy atom. The average molecular weight is 316 g/mol. The van der Waals surface area contributed by atoms with Crippen molar-refractivity contribution in [3.05, 3.63) is 29.3 Å². The Hall–Kier alpha value is -1.55. The number of phenolic OH excluding ortho intramolecular Hbond substituents is 1. The molecule has 0 heterocycles. The van der Waals surface area contributed by atoms with E-state index in [0.717, 1.165) is 24.7 Å². The first-order valence-corrected chi connectivity index (χ1v) is 8.60. The largest absolute Gasteiger partial charge is 0.508 e. The molecule has 2 aliphatic rings. The van der Waals surface area contributed by atoms with Crippen molar-refractivity contribution in [2.24, 2.45) is 11.8 Å². The van der Waals surface area contributed by atoms with Gasteiger partial charge in [0.15, 0.2) is 0 Å². The summed E-state index contributed by atoms with van der Waals surface area (Å²) in [6, 6.07) is 6.23. The zero-order valence-electron chi connectivity index (χ0n) is 14.6. The van der Waals surface area contributed by atoms with Gasteiger partial charge in [-0.2, -0.15) is 0 Å². The van der Waals surface area contributed by atoms with E-state index < -0.39 is 0 Å². The molecule has 4 nitrogen and oxygen atoms in total. The summed E-state index contributed by atoms with van der Waals surface area (Å²) in [5, 5.41) is 9.83. The van der Waals surface area contributed by atoms with Crippen LogP contribution in [0, 0.1) is 18.8 Å². The van der Waals surface area contributed by atoms with E-state index in [1.54, 1.807) is 12.1 Å². The molecule has 2 fully saturated rings. The number of aromatic hydroxyl groups is 1. The molecule has 1 amide bonds. The topological polar surface area (TPSA) is 43.8 Å². The van der Waals surface area contributed by atoms with Crippen molar-refractivity contribution in [1.82, 2.24) is 9.80 Å². The van der Waals surface area contributed by atoms with Gasteiger partial charge >= 0.3 is 0 Å². The number of benzene rings is 1. The molecule has 3 rings (SSSR count). The molecule has 126 valence electrons. The molecule has 0 spiro atoms. The molecule has 0 bridgehead atoms. The van der Waals surface area contributed by atoms with Crippen LogP contribution in [0.2, 0.25) is 0 Å². The van der Waals surface area contributed by atoms with Gasteiger partial charge in [0.1, 0.15) is 5.75 Å². The summed E-state index contributed by atoms with van der Waals surface area (Å²) in [7, 11) is 6.26. The lowest BCUT2D eigenvalue weighted by Gasteiger charge is -2.27. The first kappa shape index (κ1) is 16.3. The van der Waals surface area contributed by atoms with E-state index in [4.69, 9.17) is 0 Å². The van der Waals surface area contributed by atoms with Crippen LogP contribution in [0.25, 0.3) is 0 Å². The Morgan fingerprint density at radius 3 is 2.17 bits per heavy atom. The summed E-state index contributed by atoms with van der Waals surface area (Å²) < 4.78 is 0. The third-order valence-electron chi connectivity index (χ3n) is 6.10. The molecule has 2 unspecified atom stereocenters. The molecule has 0 aliphatic heterocycles. The van der Waals surface area contributed by atoms with E-state index in [9.17, 15) is 9.90 Å². The third-order valence-corrected chi connectivity index (χ3v) is 6.10. The average Bonchev–Trinajstić information content (AvgIpc) is 3.07. The van der Waals surface area contributed by atoms with E-state index in [0.29, 0.717) is 23.2 Å². The van der Waals surface area contributed by atoms with E-state index in [1.165, 1.54) is 12.8 Å². The number of carbonyl (C=O) groups is 1. The lowest BCUT2D eigenvalue weighted by Crippen LogP contribution is -2.36. The lowest BCUT2D eigenvalue weighted by molar-refractivity contribution is 0.0725. The van der Waals surface area contributed by atoms with Gasteiger partial charge in [-0.25, -0.2) is 0 Å². The number of nitrogens with zero attached hydrogens (tertiary/aromatic N) is 2. The molecule has 2 saturated carbocycles. The molecule has 2 aliphatic carbocycles. The van der Waals surface area contributed by atoms with E-state index in [2.05, 4.69) is 19.0 Å². The van der Waals surface area contributed by atoms with Gasteiger partial charge in [0.2, 0.25) is 0 Å². The Labute approximate surface area is 139 Å². The number of fused-ring (bicyclic) bond motifs is 1. The molecule has 1 N–H and O–H groups in total. The van der Waals surface area contributed by atoms with Gasteiger partial charge in [0.25, 0.3) is 5.91 Å².